The number of hydrogen-bond acceptors (Lipinski definition) is 8. The highest BCUT2D eigenvalue weighted by Gasteiger charge is 2.32. The van der Waals surface area contributed by atoms with Crippen molar-refractivity contribution >= 4 is 58.0 Å². The molecule has 1 amide bonds. The largest absolute Gasteiger partial charge is 0.861 e. The summed E-state index contributed by atoms with van der Waals surface area (Å²) in [6.07, 6.45) is 6.63. The number of carbonyl (C=O) groups is 1. The fraction of sp³-hybridized carbons (Fsp3) is 0.240. The molecule has 184 valence electrons. The number of benzene rings is 2. The van der Waals surface area contributed by atoms with E-state index < -0.39 is 5.90 Å². The average molecular weight is 523 g/mol. The summed E-state index contributed by atoms with van der Waals surface area (Å²) >= 11 is 7.40. The van der Waals surface area contributed by atoms with E-state index in [4.69, 9.17) is 16.1 Å². The van der Waals surface area contributed by atoms with Gasteiger partial charge in [0.15, 0.2) is 5.17 Å². The van der Waals surface area contributed by atoms with Gasteiger partial charge in [0.25, 0.3) is 12.1 Å². The first kappa shape index (κ1) is 24.1. The summed E-state index contributed by atoms with van der Waals surface area (Å²) < 4.78 is 5.22. The zero-order valence-corrected chi connectivity index (χ0v) is 20.9. The van der Waals surface area contributed by atoms with Crippen molar-refractivity contribution < 1.29 is 19.2 Å². The van der Waals surface area contributed by atoms with E-state index in [-0.39, 0.29) is 23.2 Å². The van der Waals surface area contributed by atoms with E-state index in [1.165, 1.54) is 11.3 Å². The molecule has 0 unspecified atom stereocenters. The average Bonchev–Trinajstić information content (AvgIpc) is 3.49. The first-order valence-corrected chi connectivity index (χ1v) is 12.9. The summed E-state index contributed by atoms with van der Waals surface area (Å²) in [5, 5.41) is 19.5. The van der Waals surface area contributed by atoms with E-state index in [0.29, 0.717) is 21.4 Å². The van der Waals surface area contributed by atoms with E-state index in [0.717, 1.165) is 37.7 Å². The number of piperidine rings is 1. The van der Waals surface area contributed by atoms with E-state index in [1.54, 1.807) is 23.1 Å². The fourth-order valence-electron chi connectivity index (χ4n) is 3.91. The molecule has 0 bridgehead atoms. The van der Waals surface area contributed by atoms with Crippen molar-refractivity contribution in [1.82, 2.24) is 5.27 Å². The van der Waals surface area contributed by atoms with E-state index in [2.05, 4.69) is 20.3 Å². The zero-order valence-electron chi connectivity index (χ0n) is 19.3. The Hall–Kier alpha value is -3.63. The monoisotopic (exact) mass is 522 g/mol. The van der Waals surface area contributed by atoms with Gasteiger partial charge in [0.05, 0.1) is 23.6 Å². The maximum Gasteiger partial charge on any atom is 0.324 e. The molecule has 0 radical (unpaired) electrons. The minimum atomic E-state index is -0.423. The lowest BCUT2D eigenvalue weighted by Crippen LogP contribution is -2.60. The second-order valence-corrected chi connectivity index (χ2v) is 9.54. The molecule has 0 N–H and O–H groups in total. The third-order valence-electron chi connectivity index (χ3n) is 5.67. The molecule has 3 aromatic rings. The van der Waals surface area contributed by atoms with Crippen LogP contribution in [0.5, 0.6) is 0 Å². The first-order valence-electron chi connectivity index (χ1n) is 11.5. The third-order valence-corrected chi connectivity index (χ3v) is 6.93. The van der Waals surface area contributed by atoms with Crippen LogP contribution in [-0.4, -0.2) is 41.1 Å². The Morgan fingerprint density at radius 3 is 2.67 bits per heavy atom. The predicted molar refractivity (Wildman–Crippen MR) is 139 cm³/mol. The molecule has 1 fully saturated rings. The Bertz CT molecular complexity index is 1330. The summed E-state index contributed by atoms with van der Waals surface area (Å²) in [5.74, 6) is -0.617. The van der Waals surface area contributed by atoms with Gasteiger partial charge in [-0.25, -0.2) is 9.98 Å². The van der Waals surface area contributed by atoms with Gasteiger partial charge in [0, 0.05) is 10.8 Å². The summed E-state index contributed by atoms with van der Waals surface area (Å²) in [6, 6.07) is 16.4. The van der Waals surface area contributed by atoms with Gasteiger partial charge >= 0.3 is 5.88 Å². The number of aliphatic imine (C=N–C) groups is 2. The maximum absolute atomic E-state index is 13.3. The van der Waals surface area contributed by atoms with Crippen molar-refractivity contribution in [3.8, 4) is 0 Å². The number of nitrogens with zero attached hydrogens (tertiary/aromatic N) is 6. The summed E-state index contributed by atoms with van der Waals surface area (Å²) in [7, 11) is 0. The molecule has 9 nitrogen and oxygen atoms in total. The van der Waals surface area contributed by atoms with Gasteiger partial charge < -0.3 is 5.11 Å². The molecule has 0 spiro atoms. The molecular weight excluding hydrogens is 500 g/mol. The van der Waals surface area contributed by atoms with Crippen LogP contribution in [-0.2, 0) is 4.79 Å². The van der Waals surface area contributed by atoms with Crippen molar-refractivity contribution in [3.63, 3.8) is 0 Å². The Kier molecular flexibility index (Phi) is 7.33. The minimum Gasteiger partial charge on any atom is -0.861 e. The summed E-state index contributed by atoms with van der Waals surface area (Å²) in [6.45, 7) is 1.77. The Balaban J connectivity index is 1.34. The highest BCUT2D eigenvalue weighted by molar-refractivity contribution is 8.14. The molecule has 0 saturated carbocycles. The Morgan fingerprint density at radius 1 is 1.14 bits per heavy atom. The van der Waals surface area contributed by atoms with E-state index >= 15 is 0 Å². The van der Waals surface area contributed by atoms with Crippen molar-refractivity contribution in [2.75, 3.05) is 28.8 Å². The standard InChI is InChI=1S/C25H23ClN6O3S/c26-20-12-6-5-9-18(20)15-21-24(34)32(19-10-3-1-4-11-19)25(27-21)36-17-22(33)28-23-16-31(29-35-23)30-13-7-2-8-14-30/h1,3-6,9-12,15-16H,2,7-8,13-14,17H2/b21-15+. The number of aromatic nitrogens is 2. The lowest BCUT2D eigenvalue weighted by Gasteiger charge is -2.18. The second-order valence-electron chi connectivity index (χ2n) is 8.19. The predicted octanol–water partition coefficient (Wildman–Crippen LogP) is 3.30. The molecule has 0 atom stereocenters. The highest BCUT2D eigenvalue weighted by atomic mass is 35.5. The number of carbonyl (C=O) groups excluding carboxylic acids is 1. The number of rotatable bonds is 6. The van der Waals surface area contributed by atoms with E-state index in [1.807, 2.05) is 48.5 Å². The summed E-state index contributed by atoms with van der Waals surface area (Å²) in [5.41, 5.74) is 1.57. The minimum absolute atomic E-state index is 0.0285. The number of thioether (sulfide) groups is 1. The van der Waals surface area contributed by atoms with Crippen LogP contribution in [0.25, 0.3) is 6.08 Å². The smallest absolute Gasteiger partial charge is 0.324 e. The summed E-state index contributed by atoms with van der Waals surface area (Å²) in [4.78, 5) is 24.9. The van der Waals surface area contributed by atoms with Gasteiger partial charge in [-0.1, -0.05) is 59.8 Å². The van der Waals surface area contributed by atoms with Crippen LogP contribution in [0.4, 0.5) is 11.6 Å². The van der Waals surface area contributed by atoms with Crippen LogP contribution in [0.15, 0.2) is 81.0 Å². The molecule has 2 aliphatic rings. The molecule has 3 heterocycles. The lowest BCUT2D eigenvalue weighted by atomic mass is 10.2. The second kappa shape index (κ2) is 11.0. The van der Waals surface area contributed by atoms with Gasteiger partial charge in [-0.2, -0.15) is 5.01 Å². The SMILES string of the molecule is O=C1/C(=C\c2ccccc2Cl)N=C(SC/C([O-])=N\c2c[n+](N3CCCCC3)no2)N1c1ccccc1. The van der Waals surface area contributed by atoms with Gasteiger partial charge in [-0.05, 0) is 55.0 Å². The molecular formula is C25H23ClN6O3S. The highest BCUT2D eigenvalue weighted by Crippen LogP contribution is 2.30. The fourth-order valence-corrected chi connectivity index (χ4v) is 4.90. The van der Waals surface area contributed by atoms with Crippen LogP contribution >= 0.6 is 23.4 Å². The van der Waals surface area contributed by atoms with Gasteiger partial charge in [-0.15, -0.1) is 0 Å². The van der Waals surface area contributed by atoms with Gasteiger partial charge in [-0.3, -0.25) is 14.2 Å². The van der Waals surface area contributed by atoms with Gasteiger partial charge in [0.1, 0.15) is 5.70 Å². The Labute approximate surface area is 217 Å². The van der Waals surface area contributed by atoms with Crippen molar-refractivity contribution in [2.24, 2.45) is 9.98 Å². The van der Waals surface area contributed by atoms with Crippen LogP contribution in [0.1, 0.15) is 24.8 Å². The lowest BCUT2D eigenvalue weighted by molar-refractivity contribution is -0.759. The van der Waals surface area contributed by atoms with E-state index in [9.17, 15) is 9.90 Å². The number of anilines is 1. The first-order chi connectivity index (χ1) is 17.6. The van der Waals surface area contributed by atoms with Crippen molar-refractivity contribution in [3.05, 3.63) is 77.1 Å². The zero-order chi connectivity index (χ0) is 24.9. The molecule has 1 saturated heterocycles. The molecule has 2 aromatic carbocycles. The van der Waals surface area contributed by atoms with Crippen LogP contribution < -0.4 is 19.8 Å². The normalized spacial score (nSPS) is 17.7. The molecule has 11 heteroatoms. The number of amidine groups is 1. The maximum atomic E-state index is 13.3. The molecule has 0 aliphatic carbocycles. The topological polar surface area (TPSA) is 101 Å². The quantitative estimate of drug-likeness (QED) is 0.213. The van der Waals surface area contributed by atoms with Crippen molar-refractivity contribution in [2.45, 2.75) is 19.3 Å². The van der Waals surface area contributed by atoms with Crippen molar-refractivity contribution in [1.29, 1.82) is 0 Å². The third kappa shape index (κ3) is 5.44. The van der Waals surface area contributed by atoms with Crippen LogP contribution in [0.3, 0.4) is 0 Å². The molecule has 5 rings (SSSR count). The molecule has 36 heavy (non-hydrogen) atoms. The number of hydrogen-bond donors (Lipinski definition) is 0. The number of para-hydroxylation sites is 1. The van der Waals surface area contributed by atoms with Crippen LogP contribution in [0.2, 0.25) is 5.02 Å². The van der Waals surface area contributed by atoms with Gasteiger partial charge in [0.2, 0.25) is 5.27 Å². The Morgan fingerprint density at radius 2 is 1.89 bits per heavy atom. The van der Waals surface area contributed by atoms with Crippen LogP contribution in [0, 0.1) is 0 Å². The number of halogens is 1. The molecule has 1 aromatic heterocycles. The number of amides is 1. The molecule has 2 aliphatic heterocycles.